The highest BCUT2D eigenvalue weighted by Gasteiger charge is 2.40. The number of carbonyl (C=O) groups is 1. The molecule has 0 unspecified atom stereocenters. The Labute approximate surface area is 90.8 Å². The second kappa shape index (κ2) is 3.46. The van der Waals surface area contributed by atoms with Gasteiger partial charge in [-0.25, -0.2) is 0 Å². The quantitative estimate of drug-likeness (QED) is 0.632. The first-order chi connectivity index (χ1) is 7.26. The maximum atomic E-state index is 11.8. The molecular weight excluding hydrogens is 190 g/mol. The Morgan fingerprint density at radius 1 is 1.20 bits per heavy atom. The summed E-state index contributed by atoms with van der Waals surface area (Å²) in [7, 11) is 0. The molecule has 0 radical (unpaired) electrons. The van der Waals surface area contributed by atoms with Crippen LogP contribution >= 0.6 is 0 Å². The van der Waals surface area contributed by atoms with Crippen LogP contribution in [0.4, 0.5) is 0 Å². The van der Waals surface area contributed by atoms with E-state index in [0.717, 1.165) is 11.0 Å². The van der Waals surface area contributed by atoms with Crippen molar-refractivity contribution in [3.8, 4) is 0 Å². The van der Waals surface area contributed by atoms with Gasteiger partial charge in [0.1, 0.15) is 0 Å². The summed E-state index contributed by atoms with van der Waals surface area (Å²) in [6.07, 6.45) is 2.39. The highest BCUT2D eigenvalue weighted by atomic mass is 16.2. The molecule has 3 heterocycles. The Morgan fingerprint density at radius 3 is 2.33 bits per heavy atom. The zero-order chi connectivity index (χ0) is 10.3. The van der Waals surface area contributed by atoms with E-state index in [9.17, 15) is 4.79 Å². The van der Waals surface area contributed by atoms with Crippen molar-refractivity contribution in [3.05, 3.63) is 0 Å². The minimum Gasteiger partial charge on any atom is -0.348 e. The molecule has 0 aromatic heterocycles. The van der Waals surface area contributed by atoms with E-state index >= 15 is 0 Å². The van der Waals surface area contributed by atoms with E-state index in [4.69, 9.17) is 0 Å². The topological polar surface area (TPSA) is 32.3 Å². The van der Waals surface area contributed by atoms with Gasteiger partial charge in [-0.2, -0.15) is 0 Å². The smallest absolute Gasteiger partial charge is 0.275 e. The molecule has 0 spiro atoms. The van der Waals surface area contributed by atoms with Crippen LogP contribution in [0.3, 0.4) is 0 Å². The fraction of sp³-hybridized carbons (Fsp3) is 0.909. The predicted molar refractivity (Wildman–Crippen MR) is 57.3 cm³/mol. The van der Waals surface area contributed by atoms with Gasteiger partial charge >= 0.3 is 0 Å². The average Bonchev–Trinajstić information content (AvgIpc) is 3.03. The lowest BCUT2D eigenvalue weighted by molar-refractivity contribution is -0.933. The van der Waals surface area contributed by atoms with Crippen LogP contribution in [0.15, 0.2) is 0 Å². The number of nitrogens with one attached hydrogen (secondary N) is 1. The van der Waals surface area contributed by atoms with Crippen molar-refractivity contribution in [2.45, 2.75) is 18.9 Å². The Kier molecular flexibility index (Phi) is 2.21. The van der Waals surface area contributed by atoms with Gasteiger partial charge in [0.2, 0.25) is 0 Å². The molecule has 4 nitrogen and oxygen atoms in total. The molecular formula is C11H20N3O+. The molecule has 1 amide bonds. The van der Waals surface area contributed by atoms with E-state index in [0.29, 0.717) is 6.04 Å². The minimum absolute atomic E-state index is 0.285. The van der Waals surface area contributed by atoms with Crippen molar-refractivity contribution in [2.24, 2.45) is 0 Å². The first-order valence-electron chi connectivity index (χ1n) is 6.13. The van der Waals surface area contributed by atoms with E-state index in [1.54, 1.807) is 0 Å². The summed E-state index contributed by atoms with van der Waals surface area (Å²) in [6.45, 7) is 7.84. The van der Waals surface area contributed by atoms with Crippen molar-refractivity contribution in [2.75, 3.05) is 45.8 Å². The van der Waals surface area contributed by atoms with Crippen LogP contribution in [0.1, 0.15) is 12.8 Å². The molecule has 3 saturated heterocycles. The van der Waals surface area contributed by atoms with E-state index < -0.39 is 0 Å². The summed E-state index contributed by atoms with van der Waals surface area (Å²) < 4.78 is 1.05. The fourth-order valence-electron chi connectivity index (χ4n) is 2.77. The Morgan fingerprint density at radius 2 is 1.80 bits per heavy atom. The molecule has 4 fully saturated rings. The van der Waals surface area contributed by atoms with Gasteiger partial charge in [-0.15, -0.1) is 0 Å². The Hall–Kier alpha value is -0.610. The third kappa shape index (κ3) is 2.01. The largest absolute Gasteiger partial charge is 0.348 e. The molecule has 1 aliphatic carbocycles. The maximum Gasteiger partial charge on any atom is 0.275 e. The van der Waals surface area contributed by atoms with Crippen LogP contribution < -0.4 is 5.32 Å². The highest BCUT2D eigenvalue weighted by molar-refractivity contribution is 5.77. The lowest BCUT2D eigenvalue weighted by Gasteiger charge is -2.50. The second-order valence-corrected chi connectivity index (χ2v) is 5.35. The number of hydrogen-bond acceptors (Lipinski definition) is 2. The van der Waals surface area contributed by atoms with E-state index in [-0.39, 0.29) is 5.91 Å². The molecule has 4 aliphatic rings. The summed E-state index contributed by atoms with van der Waals surface area (Å²) in [5.74, 6) is 0.285. The number of nitrogens with zero attached hydrogens (tertiary/aromatic N) is 2. The predicted octanol–water partition coefficient (Wildman–Crippen LogP) is -0.589. The standard InChI is InChI=1S/C11H19N3O/c15-11(12-10-1-2-10)9-14-6-3-13(4-7-14)5-8-14/h10H,1-9H2/p+1. The molecule has 4 heteroatoms. The van der Waals surface area contributed by atoms with Crippen molar-refractivity contribution in [3.63, 3.8) is 0 Å². The zero-order valence-corrected chi connectivity index (χ0v) is 9.24. The van der Waals surface area contributed by atoms with E-state index in [2.05, 4.69) is 10.2 Å². The summed E-state index contributed by atoms with van der Waals surface area (Å²) in [5, 5.41) is 3.11. The Bertz CT molecular complexity index is 253. The lowest BCUT2D eigenvalue weighted by Crippen LogP contribution is -2.69. The van der Waals surface area contributed by atoms with Crippen molar-refractivity contribution < 1.29 is 9.28 Å². The number of amides is 1. The molecule has 0 atom stereocenters. The van der Waals surface area contributed by atoms with Crippen LogP contribution in [0, 0.1) is 0 Å². The molecule has 1 N–H and O–H groups in total. The first kappa shape index (κ1) is 9.60. The third-order valence-electron chi connectivity index (χ3n) is 4.09. The van der Waals surface area contributed by atoms with Crippen LogP contribution in [0.25, 0.3) is 0 Å². The monoisotopic (exact) mass is 210 g/mol. The van der Waals surface area contributed by atoms with Gasteiger partial charge in [0.15, 0.2) is 6.54 Å². The van der Waals surface area contributed by atoms with Crippen LogP contribution in [-0.4, -0.2) is 67.1 Å². The highest BCUT2D eigenvalue weighted by Crippen LogP contribution is 2.21. The molecule has 0 aromatic rings. The van der Waals surface area contributed by atoms with E-state index in [1.165, 1.54) is 52.1 Å². The number of carbonyl (C=O) groups excluding carboxylic acids is 1. The molecule has 4 rings (SSSR count). The number of piperazine rings is 3. The molecule has 1 saturated carbocycles. The SMILES string of the molecule is O=C(C[N+]12CCN(CC1)CC2)NC1CC1. The summed E-state index contributed by atoms with van der Waals surface area (Å²) >= 11 is 0. The van der Waals surface area contributed by atoms with E-state index in [1.807, 2.05) is 0 Å². The first-order valence-corrected chi connectivity index (χ1v) is 6.13. The van der Waals surface area contributed by atoms with Gasteiger partial charge in [0.05, 0.1) is 19.6 Å². The van der Waals surface area contributed by atoms with Gasteiger partial charge in [-0.1, -0.05) is 0 Å². The van der Waals surface area contributed by atoms with Gasteiger partial charge in [-0.05, 0) is 12.8 Å². The van der Waals surface area contributed by atoms with Gasteiger partial charge in [-0.3, -0.25) is 9.69 Å². The Balaban J connectivity index is 1.57. The van der Waals surface area contributed by atoms with Crippen molar-refractivity contribution >= 4 is 5.91 Å². The molecule has 84 valence electrons. The zero-order valence-electron chi connectivity index (χ0n) is 9.24. The number of hydrogen-bond donors (Lipinski definition) is 1. The minimum atomic E-state index is 0.285. The number of fused-ring (bicyclic) bond motifs is 3. The molecule has 3 aliphatic heterocycles. The molecule has 0 aromatic carbocycles. The fourth-order valence-corrected chi connectivity index (χ4v) is 2.77. The number of quaternary nitrogens is 1. The normalized spacial score (nSPS) is 39.1. The second-order valence-electron chi connectivity index (χ2n) is 5.35. The van der Waals surface area contributed by atoms with Crippen LogP contribution in [0.2, 0.25) is 0 Å². The average molecular weight is 210 g/mol. The molecule has 2 bridgehead atoms. The maximum absolute atomic E-state index is 11.8. The molecule has 15 heavy (non-hydrogen) atoms. The van der Waals surface area contributed by atoms with Crippen LogP contribution in [0.5, 0.6) is 0 Å². The van der Waals surface area contributed by atoms with Crippen molar-refractivity contribution in [1.82, 2.24) is 10.2 Å². The summed E-state index contributed by atoms with van der Waals surface area (Å²) in [6, 6.07) is 0.516. The van der Waals surface area contributed by atoms with Crippen molar-refractivity contribution in [1.29, 1.82) is 0 Å². The van der Waals surface area contributed by atoms with Gasteiger partial charge in [0.25, 0.3) is 5.91 Å². The van der Waals surface area contributed by atoms with Crippen LogP contribution in [-0.2, 0) is 4.79 Å². The lowest BCUT2D eigenvalue weighted by atomic mass is 10.1. The number of rotatable bonds is 3. The van der Waals surface area contributed by atoms with Gasteiger partial charge < -0.3 is 9.80 Å². The third-order valence-corrected chi connectivity index (χ3v) is 4.09. The summed E-state index contributed by atoms with van der Waals surface area (Å²) in [5.41, 5.74) is 0. The summed E-state index contributed by atoms with van der Waals surface area (Å²) in [4.78, 5) is 14.3. The van der Waals surface area contributed by atoms with Gasteiger partial charge in [0, 0.05) is 25.7 Å².